The second kappa shape index (κ2) is 26.8. The van der Waals surface area contributed by atoms with Gasteiger partial charge in [0.25, 0.3) is 0 Å². The van der Waals surface area contributed by atoms with E-state index in [-0.39, 0.29) is 37.1 Å². The summed E-state index contributed by atoms with van der Waals surface area (Å²) in [6.45, 7) is 9.52. The van der Waals surface area contributed by atoms with E-state index in [0.29, 0.717) is 0 Å². The zero-order chi connectivity index (χ0) is 28.9. The van der Waals surface area contributed by atoms with Crippen LogP contribution in [0.15, 0.2) is 0 Å². The lowest BCUT2D eigenvalue weighted by Gasteiger charge is -2.36. The van der Waals surface area contributed by atoms with Crippen molar-refractivity contribution in [3.63, 3.8) is 0 Å². The molecular weight excluding hydrogens is 553 g/mol. The first-order valence-electron chi connectivity index (χ1n) is 20.1. The summed E-state index contributed by atoms with van der Waals surface area (Å²) >= 11 is 0. The number of hydrogen-bond acceptors (Lipinski definition) is 0. The van der Waals surface area contributed by atoms with E-state index in [1.807, 2.05) is 0 Å². The fraction of sp³-hybridized carbons (Fsp3) is 1.00. The van der Waals surface area contributed by atoms with Gasteiger partial charge >= 0.3 is 0 Å². The van der Waals surface area contributed by atoms with Crippen molar-refractivity contribution < 1.29 is 0 Å². The molecule has 5 rings (SSSR count). The van der Waals surface area contributed by atoms with E-state index >= 15 is 0 Å². The zero-order valence-electron chi connectivity index (χ0n) is 28.9. The molecule has 0 aliphatic heterocycles. The van der Waals surface area contributed by atoms with Crippen molar-refractivity contribution in [2.45, 2.75) is 238 Å². The maximum absolute atomic E-state index is 2.39. The molecule has 0 spiro atoms. The van der Waals surface area contributed by atoms with Crippen LogP contribution in [0.2, 0.25) is 0 Å². The molecule has 5 aliphatic carbocycles. The van der Waals surface area contributed by atoms with Gasteiger partial charge in [0.2, 0.25) is 0 Å². The smallest absolute Gasteiger partial charge is 0.0411 e. The van der Waals surface area contributed by atoms with Gasteiger partial charge in [-0.05, 0) is 78.4 Å². The highest BCUT2D eigenvalue weighted by Crippen LogP contribution is 2.43. The van der Waals surface area contributed by atoms with Gasteiger partial charge < -0.3 is 0 Å². The second-order valence-corrected chi connectivity index (χ2v) is 16.8. The van der Waals surface area contributed by atoms with Gasteiger partial charge in [-0.2, -0.15) is 0 Å². The molecule has 46 heavy (non-hydrogen) atoms. The Labute approximate surface area is 296 Å². The summed E-state index contributed by atoms with van der Waals surface area (Å²) in [5.74, 6) is 10.9. The predicted octanol–water partition coefficient (Wildman–Crippen LogP) is 17.0. The molecule has 0 aromatic rings. The topological polar surface area (TPSA) is 0 Å². The van der Waals surface area contributed by atoms with E-state index in [1.54, 1.807) is 96.3 Å². The maximum atomic E-state index is 2.39. The highest BCUT2D eigenvalue weighted by molar-refractivity contribution is 4.81. The van der Waals surface area contributed by atoms with Crippen molar-refractivity contribution >= 4 is 0 Å². The summed E-state index contributed by atoms with van der Waals surface area (Å²) in [6.07, 6.45) is 41.4. The highest BCUT2D eigenvalue weighted by Gasteiger charge is 2.29. The maximum Gasteiger partial charge on any atom is -0.0411 e. The van der Waals surface area contributed by atoms with Crippen LogP contribution in [0.25, 0.3) is 0 Å². The molecule has 0 heterocycles. The van der Waals surface area contributed by atoms with E-state index in [4.69, 9.17) is 0 Å². The number of rotatable bonds is 10. The van der Waals surface area contributed by atoms with Crippen molar-refractivity contribution in [2.24, 2.45) is 59.2 Å². The van der Waals surface area contributed by atoms with Crippen LogP contribution in [0.5, 0.6) is 0 Å². The SMILES string of the molecule is C.C.C.C.C.CCC1CCC(CC2CCC(CC)CC2)CC1.CCC1CCC(CC2CCC(CC3CCC(CC)CC3)CC2)CC1. The lowest BCUT2D eigenvalue weighted by Crippen LogP contribution is -2.23. The van der Waals surface area contributed by atoms with Crippen LogP contribution in [-0.4, -0.2) is 0 Å². The summed E-state index contributed by atoms with van der Waals surface area (Å²) in [5.41, 5.74) is 0. The normalized spacial score (nSPS) is 36.0. The Balaban J connectivity index is 0. The molecule has 5 aliphatic rings. The molecule has 0 unspecified atom stereocenters. The lowest BCUT2D eigenvalue weighted by molar-refractivity contribution is 0.163. The van der Waals surface area contributed by atoms with Crippen molar-refractivity contribution in [1.82, 2.24) is 0 Å². The van der Waals surface area contributed by atoms with Crippen molar-refractivity contribution in [3.8, 4) is 0 Å². The lowest BCUT2D eigenvalue weighted by atomic mass is 9.70. The van der Waals surface area contributed by atoms with Gasteiger partial charge in [-0.1, -0.05) is 219 Å². The summed E-state index contributed by atoms with van der Waals surface area (Å²) in [4.78, 5) is 0. The van der Waals surface area contributed by atoms with Gasteiger partial charge in [0.15, 0.2) is 0 Å². The average molecular weight is 649 g/mol. The van der Waals surface area contributed by atoms with E-state index in [2.05, 4.69) is 27.7 Å². The molecule has 0 heteroatoms. The minimum absolute atomic E-state index is 0. The van der Waals surface area contributed by atoms with Gasteiger partial charge in [-0.3, -0.25) is 0 Å². The summed E-state index contributed by atoms with van der Waals surface area (Å²) < 4.78 is 0. The average Bonchev–Trinajstić information content (AvgIpc) is 3.04. The van der Waals surface area contributed by atoms with Gasteiger partial charge in [0.1, 0.15) is 0 Å². The molecule has 0 nitrogen and oxygen atoms in total. The number of hydrogen-bond donors (Lipinski definition) is 0. The molecule has 0 saturated heterocycles. The fourth-order valence-corrected chi connectivity index (χ4v) is 10.6. The van der Waals surface area contributed by atoms with Crippen molar-refractivity contribution in [1.29, 1.82) is 0 Å². The van der Waals surface area contributed by atoms with Crippen LogP contribution in [0.3, 0.4) is 0 Å². The summed E-state index contributed by atoms with van der Waals surface area (Å²) in [5, 5.41) is 0. The molecule has 0 atom stereocenters. The van der Waals surface area contributed by atoms with Crippen LogP contribution >= 0.6 is 0 Å². The van der Waals surface area contributed by atoms with E-state index in [9.17, 15) is 0 Å². The Hall–Kier alpha value is 0. The minimum atomic E-state index is 0. The summed E-state index contributed by atoms with van der Waals surface area (Å²) in [7, 11) is 0. The van der Waals surface area contributed by atoms with Crippen molar-refractivity contribution in [3.05, 3.63) is 0 Å². The first kappa shape index (κ1) is 48.1. The fourth-order valence-electron chi connectivity index (χ4n) is 10.6. The third-order valence-corrected chi connectivity index (χ3v) is 14.1. The van der Waals surface area contributed by atoms with Crippen LogP contribution in [0.1, 0.15) is 238 Å². The molecule has 0 radical (unpaired) electrons. The van der Waals surface area contributed by atoms with Crippen LogP contribution in [0.4, 0.5) is 0 Å². The molecule has 0 aromatic heterocycles. The standard InChI is InChI=1S/C24H44.C17H32.5CH4/c1-3-19-5-9-21(10-6-19)17-23-13-15-24(16-14-23)18-22-11-7-20(4-2)8-12-22;1-3-14-5-9-16(10-6-14)13-17-11-7-15(4-2)8-12-17;;;;;/h19-24H,3-18H2,1-2H3;14-17H,3-13H2,1-2H3;5*1H4. The summed E-state index contributed by atoms with van der Waals surface area (Å²) in [6, 6.07) is 0. The van der Waals surface area contributed by atoms with Gasteiger partial charge in [-0.25, -0.2) is 0 Å². The van der Waals surface area contributed by atoms with Crippen LogP contribution in [-0.2, 0) is 0 Å². The molecule has 280 valence electrons. The Morgan fingerprint density at radius 3 is 0.435 bits per heavy atom. The van der Waals surface area contributed by atoms with Gasteiger partial charge in [0, 0.05) is 0 Å². The molecular formula is C46H96. The van der Waals surface area contributed by atoms with Crippen LogP contribution in [0, 0.1) is 59.2 Å². The zero-order valence-corrected chi connectivity index (χ0v) is 28.9. The molecule has 5 fully saturated rings. The Kier molecular flexibility index (Phi) is 28.0. The van der Waals surface area contributed by atoms with Gasteiger partial charge in [0.05, 0.1) is 0 Å². The monoisotopic (exact) mass is 649 g/mol. The first-order valence-corrected chi connectivity index (χ1v) is 20.1. The van der Waals surface area contributed by atoms with Crippen LogP contribution < -0.4 is 0 Å². The van der Waals surface area contributed by atoms with Gasteiger partial charge in [-0.15, -0.1) is 0 Å². The highest BCUT2D eigenvalue weighted by atomic mass is 14.3. The minimum Gasteiger partial charge on any atom is -0.0776 e. The van der Waals surface area contributed by atoms with E-state index in [1.165, 1.54) is 77.0 Å². The van der Waals surface area contributed by atoms with E-state index in [0.717, 1.165) is 59.2 Å². The van der Waals surface area contributed by atoms with Crippen molar-refractivity contribution in [2.75, 3.05) is 0 Å². The Morgan fingerprint density at radius 1 is 0.217 bits per heavy atom. The molecule has 0 aromatic carbocycles. The molecule has 0 N–H and O–H groups in total. The predicted molar refractivity (Wildman–Crippen MR) is 216 cm³/mol. The largest absolute Gasteiger partial charge is 0.0776 e. The third kappa shape index (κ3) is 16.6. The Morgan fingerprint density at radius 2 is 0.326 bits per heavy atom. The third-order valence-electron chi connectivity index (χ3n) is 14.1. The molecule has 5 saturated carbocycles. The Bertz CT molecular complexity index is 569. The quantitative estimate of drug-likeness (QED) is 0.221. The van der Waals surface area contributed by atoms with E-state index < -0.39 is 0 Å². The second-order valence-electron chi connectivity index (χ2n) is 16.8. The first-order chi connectivity index (χ1) is 20.1. The molecule has 0 bridgehead atoms. The molecule has 0 amide bonds.